The van der Waals surface area contributed by atoms with Gasteiger partial charge in [0.05, 0.1) is 19.3 Å². The number of carbonyl (C=O) groups excluding carboxylic acids is 1. The van der Waals surface area contributed by atoms with Gasteiger partial charge >= 0.3 is 6.18 Å². The minimum absolute atomic E-state index is 0.126. The van der Waals surface area contributed by atoms with E-state index in [2.05, 4.69) is 14.8 Å². The third kappa shape index (κ3) is 2.61. The first-order chi connectivity index (χ1) is 10.8. The molecule has 0 aromatic carbocycles. The number of thiazole rings is 1. The molecule has 23 heavy (non-hydrogen) atoms. The summed E-state index contributed by atoms with van der Waals surface area (Å²) in [5.41, 5.74) is -1.40. The van der Waals surface area contributed by atoms with E-state index in [1.165, 1.54) is 16.7 Å². The van der Waals surface area contributed by atoms with Crippen molar-refractivity contribution in [3.63, 3.8) is 0 Å². The smallest absolute Gasteiger partial charge is 0.365 e. The van der Waals surface area contributed by atoms with Gasteiger partial charge in [0.2, 0.25) is 0 Å². The number of amides is 1. The first-order valence-corrected chi connectivity index (χ1v) is 7.49. The number of aromatic nitrogens is 3. The summed E-state index contributed by atoms with van der Waals surface area (Å²) in [4.78, 5) is 17.5. The molecule has 2 aromatic rings. The topological polar surface area (TPSA) is 60.2 Å². The molecule has 2 aromatic heterocycles. The summed E-state index contributed by atoms with van der Waals surface area (Å²) >= 11 is 1.24. The van der Waals surface area contributed by atoms with Gasteiger partial charge in [0.25, 0.3) is 5.91 Å². The van der Waals surface area contributed by atoms with Crippen LogP contribution in [0.25, 0.3) is 10.6 Å². The predicted octanol–water partition coefficient (Wildman–Crippen LogP) is 1.95. The standard InChI is InChI=1S/C13H13F3N4O2S/c1-19-4-8(3-17-19)10-18-9(5-23-10)11(21)20-6-12(7-20,22-2)13(14,15)16/h3-5H,6-7H2,1-2H3. The highest BCUT2D eigenvalue weighted by atomic mass is 32.1. The van der Waals surface area contributed by atoms with E-state index in [0.29, 0.717) is 5.01 Å². The maximum Gasteiger partial charge on any atom is 0.420 e. The second kappa shape index (κ2) is 5.31. The van der Waals surface area contributed by atoms with Crippen LogP contribution in [0.4, 0.5) is 13.2 Å². The SMILES string of the molecule is COC1(C(F)(F)F)CN(C(=O)c2csc(-c3cnn(C)c3)n2)C1. The van der Waals surface area contributed by atoms with Gasteiger partial charge in [-0.2, -0.15) is 18.3 Å². The van der Waals surface area contributed by atoms with Crippen LogP contribution in [0.1, 0.15) is 10.5 Å². The lowest BCUT2D eigenvalue weighted by Gasteiger charge is -2.49. The molecule has 1 aliphatic heterocycles. The Labute approximate surface area is 133 Å². The Bertz CT molecular complexity index is 734. The number of halogens is 3. The van der Waals surface area contributed by atoms with Crippen LogP contribution in [0.15, 0.2) is 17.8 Å². The van der Waals surface area contributed by atoms with Gasteiger partial charge in [0, 0.05) is 31.3 Å². The molecule has 0 spiro atoms. The highest BCUT2D eigenvalue weighted by molar-refractivity contribution is 7.13. The number of likely N-dealkylation sites (tertiary alicyclic amines) is 1. The molecule has 6 nitrogen and oxygen atoms in total. The van der Waals surface area contributed by atoms with Gasteiger partial charge in [-0.05, 0) is 0 Å². The highest BCUT2D eigenvalue weighted by Crippen LogP contribution is 2.41. The first kappa shape index (κ1) is 15.9. The molecule has 124 valence electrons. The van der Waals surface area contributed by atoms with E-state index in [-0.39, 0.29) is 5.69 Å². The Morgan fingerprint density at radius 2 is 2.13 bits per heavy atom. The van der Waals surface area contributed by atoms with Crippen molar-refractivity contribution >= 4 is 17.2 Å². The molecule has 1 amide bonds. The highest BCUT2D eigenvalue weighted by Gasteiger charge is 2.63. The van der Waals surface area contributed by atoms with Crippen LogP contribution >= 0.6 is 11.3 Å². The summed E-state index contributed by atoms with van der Waals surface area (Å²) in [5.74, 6) is -0.534. The zero-order valence-corrected chi connectivity index (χ0v) is 13.1. The van der Waals surface area contributed by atoms with Gasteiger partial charge < -0.3 is 9.64 Å². The maximum absolute atomic E-state index is 12.9. The lowest BCUT2D eigenvalue weighted by molar-refractivity contribution is -0.303. The number of alkyl halides is 3. The minimum atomic E-state index is -4.51. The van der Waals surface area contributed by atoms with E-state index in [1.807, 2.05) is 0 Å². The Kier molecular flexibility index (Phi) is 3.68. The second-order valence-corrected chi connectivity index (χ2v) is 6.16. The van der Waals surface area contributed by atoms with Crippen molar-refractivity contribution in [2.45, 2.75) is 11.8 Å². The molecule has 3 rings (SSSR count). The molecule has 0 saturated carbocycles. The van der Waals surface area contributed by atoms with Gasteiger partial charge in [-0.1, -0.05) is 0 Å². The average Bonchev–Trinajstić information content (AvgIpc) is 3.04. The largest absolute Gasteiger partial charge is 0.420 e. The third-order valence-electron chi connectivity index (χ3n) is 3.76. The fourth-order valence-electron chi connectivity index (χ4n) is 2.34. The Morgan fingerprint density at radius 1 is 1.43 bits per heavy atom. The van der Waals surface area contributed by atoms with Gasteiger partial charge in [-0.3, -0.25) is 9.48 Å². The molecule has 0 unspecified atom stereocenters. The predicted molar refractivity (Wildman–Crippen MR) is 76.0 cm³/mol. The van der Waals surface area contributed by atoms with Crippen molar-refractivity contribution in [2.24, 2.45) is 7.05 Å². The number of carbonyl (C=O) groups is 1. The van der Waals surface area contributed by atoms with Crippen LogP contribution in [-0.2, 0) is 11.8 Å². The van der Waals surface area contributed by atoms with E-state index in [9.17, 15) is 18.0 Å². The summed E-state index contributed by atoms with van der Waals surface area (Å²) in [7, 11) is 2.75. The van der Waals surface area contributed by atoms with E-state index >= 15 is 0 Å². The number of rotatable bonds is 3. The number of hydrogen-bond donors (Lipinski definition) is 0. The van der Waals surface area contributed by atoms with Gasteiger partial charge in [-0.25, -0.2) is 4.98 Å². The summed E-state index contributed by atoms with van der Waals surface area (Å²) in [6, 6.07) is 0. The second-order valence-electron chi connectivity index (χ2n) is 5.30. The van der Waals surface area contributed by atoms with Gasteiger partial charge in [0.1, 0.15) is 10.7 Å². The molecule has 0 N–H and O–H groups in total. The molecule has 1 aliphatic rings. The van der Waals surface area contributed by atoms with Crippen molar-refractivity contribution in [1.82, 2.24) is 19.7 Å². The Morgan fingerprint density at radius 3 is 2.65 bits per heavy atom. The van der Waals surface area contributed by atoms with Crippen molar-refractivity contribution in [3.8, 4) is 10.6 Å². The molecule has 0 radical (unpaired) electrons. The molecule has 3 heterocycles. The lowest BCUT2D eigenvalue weighted by Crippen LogP contribution is -2.71. The van der Waals surface area contributed by atoms with Crippen LogP contribution < -0.4 is 0 Å². The van der Waals surface area contributed by atoms with Gasteiger partial charge in [-0.15, -0.1) is 11.3 Å². The number of nitrogens with zero attached hydrogens (tertiary/aromatic N) is 4. The molecule has 0 aliphatic carbocycles. The third-order valence-corrected chi connectivity index (χ3v) is 4.65. The number of methoxy groups -OCH3 is 1. The fraction of sp³-hybridized carbons (Fsp3) is 0.462. The summed E-state index contributed by atoms with van der Waals surface area (Å²) < 4.78 is 45.0. The maximum atomic E-state index is 12.9. The zero-order valence-electron chi connectivity index (χ0n) is 12.3. The van der Waals surface area contributed by atoms with E-state index in [4.69, 9.17) is 0 Å². The Balaban J connectivity index is 1.72. The van der Waals surface area contributed by atoms with Crippen molar-refractivity contribution in [2.75, 3.05) is 20.2 Å². The lowest BCUT2D eigenvalue weighted by atomic mass is 9.92. The zero-order chi connectivity index (χ0) is 16.8. The van der Waals surface area contributed by atoms with Crippen molar-refractivity contribution in [3.05, 3.63) is 23.5 Å². The minimum Gasteiger partial charge on any atom is -0.365 e. The molecule has 0 atom stereocenters. The van der Waals surface area contributed by atoms with Gasteiger partial charge in [0.15, 0.2) is 5.60 Å². The molecule has 1 saturated heterocycles. The molecule has 1 fully saturated rings. The van der Waals surface area contributed by atoms with Crippen LogP contribution in [-0.4, -0.2) is 57.5 Å². The van der Waals surface area contributed by atoms with Crippen molar-refractivity contribution < 1.29 is 22.7 Å². The van der Waals surface area contributed by atoms with Crippen LogP contribution in [0.2, 0.25) is 0 Å². The first-order valence-electron chi connectivity index (χ1n) is 6.61. The molecule has 10 heteroatoms. The normalized spacial score (nSPS) is 17.2. The van der Waals surface area contributed by atoms with Crippen LogP contribution in [0.3, 0.4) is 0 Å². The number of aryl methyl sites for hydroxylation is 1. The fourth-order valence-corrected chi connectivity index (χ4v) is 3.11. The molecular weight excluding hydrogens is 333 g/mol. The quantitative estimate of drug-likeness (QED) is 0.852. The van der Waals surface area contributed by atoms with Crippen LogP contribution in [0, 0.1) is 0 Å². The van der Waals surface area contributed by atoms with E-state index in [1.54, 1.807) is 24.1 Å². The van der Waals surface area contributed by atoms with E-state index < -0.39 is 30.8 Å². The summed E-state index contributed by atoms with van der Waals surface area (Å²) in [6.07, 6.45) is -1.16. The number of hydrogen-bond acceptors (Lipinski definition) is 5. The van der Waals surface area contributed by atoms with Crippen molar-refractivity contribution in [1.29, 1.82) is 0 Å². The average molecular weight is 346 g/mol. The summed E-state index contributed by atoms with van der Waals surface area (Å²) in [5, 5.41) is 6.14. The van der Waals surface area contributed by atoms with Crippen LogP contribution in [0.5, 0.6) is 0 Å². The molecule has 0 bridgehead atoms. The monoisotopic (exact) mass is 346 g/mol. The van der Waals surface area contributed by atoms with E-state index in [0.717, 1.165) is 17.6 Å². The molecular formula is C13H13F3N4O2S. The summed E-state index contributed by atoms with van der Waals surface area (Å²) in [6.45, 7) is -1.04. The number of ether oxygens (including phenoxy) is 1. The Hall–Kier alpha value is -1.94.